The van der Waals surface area contributed by atoms with Crippen molar-refractivity contribution in [2.75, 3.05) is 32.7 Å². The van der Waals surface area contributed by atoms with Gasteiger partial charge >= 0.3 is 4.87 Å². The van der Waals surface area contributed by atoms with Gasteiger partial charge in [0.15, 0.2) is 0 Å². The van der Waals surface area contributed by atoms with Gasteiger partial charge in [0.2, 0.25) is 15.9 Å². The number of hydrogen-bond donors (Lipinski definition) is 1. The van der Waals surface area contributed by atoms with Crippen LogP contribution in [0.5, 0.6) is 0 Å². The fourth-order valence-corrected chi connectivity index (χ4v) is 6.75. The molecule has 4 rings (SSSR count). The second kappa shape index (κ2) is 9.14. The number of carbonyl (C=O) groups excluding carboxylic acids is 2. The molecule has 0 spiro atoms. The van der Waals surface area contributed by atoms with E-state index in [0.717, 1.165) is 16.9 Å². The molecule has 3 heterocycles. The van der Waals surface area contributed by atoms with Gasteiger partial charge in [0.05, 0.1) is 26.5 Å². The number of thiazole rings is 1. The highest BCUT2D eigenvalue weighted by Crippen LogP contribution is 2.24. The van der Waals surface area contributed by atoms with Gasteiger partial charge in [0.25, 0.3) is 5.91 Å². The number of amides is 2. The molecule has 170 valence electrons. The van der Waals surface area contributed by atoms with Crippen LogP contribution in [0.4, 0.5) is 0 Å². The molecule has 32 heavy (non-hydrogen) atoms. The summed E-state index contributed by atoms with van der Waals surface area (Å²) in [7, 11) is -3.75. The van der Waals surface area contributed by atoms with Crippen LogP contribution < -0.4 is 10.2 Å². The van der Waals surface area contributed by atoms with Gasteiger partial charge in [-0.3, -0.25) is 19.0 Å². The van der Waals surface area contributed by atoms with E-state index >= 15 is 0 Å². The van der Waals surface area contributed by atoms with Crippen LogP contribution in [0.15, 0.2) is 45.4 Å². The van der Waals surface area contributed by atoms with Crippen molar-refractivity contribution >= 4 is 54.7 Å². The Balaban J connectivity index is 1.39. The molecular weight excluding hydrogens is 472 g/mol. The average molecular weight is 495 g/mol. The van der Waals surface area contributed by atoms with E-state index in [0.29, 0.717) is 16.1 Å². The summed E-state index contributed by atoms with van der Waals surface area (Å²) in [6.07, 6.45) is 0. The zero-order valence-electron chi connectivity index (χ0n) is 17.3. The molecule has 0 radical (unpaired) electrons. The first-order valence-electron chi connectivity index (χ1n) is 10.0. The maximum Gasteiger partial charge on any atom is 0.308 e. The van der Waals surface area contributed by atoms with Crippen LogP contribution in [-0.4, -0.2) is 66.7 Å². The summed E-state index contributed by atoms with van der Waals surface area (Å²) < 4.78 is 29.8. The minimum atomic E-state index is -3.75. The first-order chi connectivity index (χ1) is 15.3. The second-order valence-corrected chi connectivity index (χ2v) is 11.1. The molecule has 0 saturated carbocycles. The Labute approximate surface area is 192 Å². The minimum Gasteiger partial charge on any atom is -0.342 e. The summed E-state index contributed by atoms with van der Waals surface area (Å²) in [4.78, 5) is 38.6. The van der Waals surface area contributed by atoms with E-state index in [1.807, 2.05) is 6.92 Å². The lowest BCUT2D eigenvalue weighted by Crippen LogP contribution is -2.52. The third-order valence-corrected chi connectivity index (χ3v) is 9.04. The third-order valence-electron chi connectivity index (χ3n) is 5.33. The number of rotatable bonds is 6. The molecular formula is C20H22N4O5S3. The Bertz CT molecular complexity index is 1300. The maximum atomic E-state index is 13.1. The topological polar surface area (TPSA) is 109 Å². The number of sulfonamides is 1. The SMILES string of the molecule is CCn1c(=O)sc2cc(S(=O)(=O)N3CCN(C(=O)CNC(=O)c4cccs4)CC3)ccc21. The van der Waals surface area contributed by atoms with Crippen molar-refractivity contribution in [2.24, 2.45) is 0 Å². The highest BCUT2D eigenvalue weighted by atomic mass is 32.2. The molecule has 0 aliphatic carbocycles. The second-order valence-electron chi connectivity index (χ2n) is 7.19. The predicted octanol–water partition coefficient (Wildman–Crippen LogP) is 1.41. The summed E-state index contributed by atoms with van der Waals surface area (Å²) in [5.41, 5.74) is 0.724. The van der Waals surface area contributed by atoms with E-state index in [9.17, 15) is 22.8 Å². The van der Waals surface area contributed by atoms with Crippen molar-refractivity contribution in [3.8, 4) is 0 Å². The van der Waals surface area contributed by atoms with Gasteiger partial charge in [0.1, 0.15) is 0 Å². The summed E-state index contributed by atoms with van der Waals surface area (Å²) in [6.45, 7) is 3.08. The zero-order chi connectivity index (χ0) is 22.9. The zero-order valence-corrected chi connectivity index (χ0v) is 19.8. The summed E-state index contributed by atoms with van der Waals surface area (Å²) >= 11 is 2.32. The quantitative estimate of drug-likeness (QED) is 0.557. The highest BCUT2D eigenvalue weighted by molar-refractivity contribution is 7.89. The number of aryl methyl sites for hydroxylation is 1. The molecule has 0 atom stereocenters. The van der Waals surface area contributed by atoms with Crippen molar-refractivity contribution in [2.45, 2.75) is 18.4 Å². The van der Waals surface area contributed by atoms with Gasteiger partial charge in [-0.05, 0) is 36.6 Å². The van der Waals surface area contributed by atoms with Crippen molar-refractivity contribution < 1.29 is 18.0 Å². The van der Waals surface area contributed by atoms with Gasteiger partial charge in [-0.15, -0.1) is 11.3 Å². The number of fused-ring (bicyclic) bond motifs is 1. The van der Waals surface area contributed by atoms with Gasteiger partial charge < -0.3 is 10.2 Å². The molecule has 1 N–H and O–H groups in total. The van der Waals surface area contributed by atoms with E-state index in [1.54, 1.807) is 39.1 Å². The molecule has 3 aromatic rings. The van der Waals surface area contributed by atoms with Crippen LogP contribution in [0.25, 0.3) is 10.2 Å². The van der Waals surface area contributed by atoms with E-state index in [2.05, 4.69) is 5.32 Å². The standard InChI is InChI=1S/C20H22N4O5S3/c1-2-24-15-6-5-14(12-17(15)31-20(24)27)32(28,29)23-9-7-22(8-10-23)18(25)13-21-19(26)16-4-3-11-30-16/h3-6,11-12H,2,7-10,13H2,1H3,(H,21,26). The number of benzene rings is 1. The largest absolute Gasteiger partial charge is 0.342 e. The molecule has 9 nitrogen and oxygen atoms in total. The molecule has 2 amide bonds. The molecule has 0 unspecified atom stereocenters. The summed E-state index contributed by atoms with van der Waals surface area (Å²) in [5.74, 6) is -0.553. The van der Waals surface area contributed by atoms with Crippen LogP contribution >= 0.6 is 22.7 Å². The van der Waals surface area contributed by atoms with E-state index in [4.69, 9.17) is 0 Å². The number of carbonyl (C=O) groups is 2. The van der Waals surface area contributed by atoms with Gasteiger partial charge in [-0.1, -0.05) is 17.4 Å². The van der Waals surface area contributed by atoms with Crippen LogP contribution in [-0.2, 0) is 21.4 Å². The fourth-order valence-electron chi connectivity index (χ4n) is 3.60. The molecule has 2 aromatic heterocycles. The van der Waals surface area contributed by atoms with Gasteiger partial charge in [-0.2, -0.15) is 4.31 Å². The maximum absolute atomic E-state index is 13.1. The normalized spacial score (nSPS) is 15.2. The Morgan fingerprint density at radius 1 is 1.12 bits per heavy atom. The molecule has 0 bridgehead atoms. The predicted molar refractivity (Wildman–Crippen MR) is 124 cm³/mol. The Hall–Kier alpha value is -2.54. The lowest BCUT2D eigenvalue weighted by molar-refractivity contribution is -0.131. The molecule has 1 fully saturated rings. The average Bonchev–Trinajstić information content (AvgIpc) is 3.44. The van der Waals surface area contributed by atoms with Crippen molar-refractivity contribution in [3.05, 3.63) is 50.3 Å². The smallest absolute Gasteiger partial charge is 0.308 e. The monoisotopic (exact) mass is 494 g/mol. The number of nitrogens with one attached hydrogen (secondary N) is 1. The minimum absolute atomic E-state index is 0.115. The molecule has 1 aromatic carbocycles. The first kappa shape index (κ1) is 22.6. The number of thiophene rings is 1. The third kappa shape index (κ3) is 4.35. The molecule has 1 aliphatic heterocycles. The van der Waals surface area contributed by atoms with Gasteiger partial charge in [-0.25, -0.2) is 8.42 Å². The van der Waals surface area contributed by atoms with Crippen molar-refractivity contribution in [1.82, 2.24) is 19.1 Å². The lowest BCUT2D eigenvalue weighted by Gasteiger charge is -2.34. The van der Waals surface area contributed by atoms with Crippen LogP contribution in [0.1, 0.15) is 16.6 Å². The van der Waals surface area contributed by atoms with Crippen molar-refractivity contribution in [1.29, 1.82) is 0 Å². The lowest BCUT2D eigenvalue weighted by atomic mass is 10.3. The number of piperazine rings is 1. The van der Waals surface area contributed by atoms with E-state index < -0.39 is 10.0 Å². The van der Waals surface area contributed by atoms with E-state index in [1.165, 1.54) is 21.7 Å². The molecule has 1 saturated heterocycles. The molecule has 1 aliphatic rings. The summed E-state index contributed by atoms with van der Waals surface area (Å²) in [5, 5.41) is 4.39. The molecule has 12 heteroatoms. The highest BCUT2D eigenvalue weighted by Gasteiger charge is 2.30. The summed E-state index contributed by atoms with van der Waals surface area (Å²) in [6, 6.07) is 8.17. The Morgan fingerprint density at radius 3 is 2.53 bits per heavy atom. The van der Waals surface area contributed by atoms with E-state index in [-0.39, 0.29) is 54.3 Å². The number of hydrogen-bond acceptors (Lipinski definition) is 7. The Kier molecular flexibility index (Phi) is 6.47. The van der Waals surface area contributed by atoms with Gasteiger partial charge in [0, 0.05) is 32.7 Å². The van der Waals surface area contributed by atoms with Crippen LogP contribution in [0.2, 0.25) is 0 Å². The Morgan fingerprint density at radius 2 is 1.88 bits per heavy atom. The first-order valence-corrected chi connectivity index (χ1v) is 13.2. The number of aromatic nitrogens is 1. The fraction of sp³-hybridized carbons (Fsp3) is 0.350. The number of nitrogens with zero attached hydrogens (tertiary/aromatic N) is 3. The van der Waals surface area contributed by atoms with Crippen molar-refractivity contribution in [3.63, 3.8) is 0 Å². The van der Waals surface area contributed by atoms with Crippen LogP contribution in [0.3, 0.4) is 0 Å². The van der Waals surface area contributed by atoms with Crippen LogP contribution in [0, 0.1) is 0 Å².